The molecule has 0 fully saturated rings. The molecule has 0 spiro atoms. The predicted octanol–water partition coefficient (Wildman–Crippen LogP) is 5.68. The van der Waals surface area contributed by atoms with Crippen LogP contribution in [0.1, 0.15) is 10.4 Å². The summed E-state index contributed by atoms with van der Waals surface area (Å²) >= 11 is 25.5. The van der Waals surface area contributed by atoms with E-state index in [2.05, 4.69) is 10.3 Å². The molecule has 0 amide bonds. The van der Waals surface area contributed by atoms with E-state index in [-0.39, 0.29) is 0 Å². The quantitative estimate of drug-likeness (QED) is 0.777. The third-order valence-electron chi connectivity index (χ3n) is 2.36. The highest BCUT2D eigenvalue weighted by molar-refractivity contribution is 7.15. The second-order valence-corrected chi connectivity index (χ2v) is 6.48. The first-order chi connectivity index (χ1) is 8.49. The Morgan fingerprint density at radius 3 is 2.56 bits per heavy atom. The zero-order chi connectivity index (χ0) is 13.3. The van der Waals surface area contributed by atoms with E-state index in [9.17, 15) is 0 Å². The average Bonchev–Trinajstić information content (AvgIpc) is 2.72. The molecule has 96 valence electrons. The van der Waals surface area contributed by atoms with Crippen molar-refractivity contribution in [2.75, 3.05) is 5.32 Å². The van der Waals surface area contributed by atoms with Gasteiger partial charge in [-0.2, -0.15) is 0 Å². The van der Waals surface area contributed by atoms with Gasteiger partial charge in [0, 0.05) is 16.1 Å². The van der Waals surface area contributed by atoms with Gasteiger partial charge in [0.15, 0.2) is 4.47 Å². The Morgan fingerprint density at radius 1 is 1.22 bits per heavy atom. The van der Waals surface area contributed by atoms with Crippen LogP contribution in [0.25, 0.3) is 0 Å². The van der Waals surface area contributed by atoms with Gasteiger partial charge >= 0.3 is 0 Å². The van der Waals surface area contributed by atoms with Gasteiger partial charge in [0.25, 0.3) is 0 Å². The third-order valence-corrected chi connectivity index (χ3v) is 4.64. The van der Waals surface area contributed by atoms with E-state index < -0.39 is 0 Å². The highest BCUT2D eigenvalue weighted by atomic mass is 35.5. The summed E-state index contributed by atoms with van der Waals surface area (Å²) in [7, 11) is 0. The van der Waals surface area contributed by atoms with Crippen LogP contribution < -0.4 is 5.32 Å². The van der Waals surface area contributed by atoms with E-state index in [1.54, 1.807) is 12.3 Å². The average molecular weight is 342 g/mol. The summed E-state index contributed by atoms with van der Waals surface area (Å²) in [5, 5.41) is 4.74. The van der Waals surface area contributed by atoms with Crippen LogP contribution in [0, 0.1) is 6.92 Å². The van der Waals surface area contributed by atoms with Gasteiger partial charge in [-0.1, -0.05) is 46.4 Å². The second-order valence-electron chi connectivity index (χ2n) is 3.59. The van der Waals surface area contributed by atoms with Crippen molar-refractivity contribution in [1.82, 2.24) is 4.98 Å². The topological polar surface area (TPSA) is 24.9 Å². The Hall–Kier alpha value is -0.190. The van der Waals surface area contributed by atoms with Crippen molar-refractivity contribution < 1.29 is 0 Å². The van der Waals surface area contributed by atoms with E-state index in [4.69, 9.17) is 46.4 Å². The Labute approximate surface area is 129 Å². The molecule has 2 nitrogen and oxygen atoms in total. The number of thiazole rings is 1. The smallest absolute Gasteiger partial charge is 0.183 e. The largest absolute Gasteiger partial charge is 0.378 e. The van der Waals surface area contributed by atoms with Crippen molar-refractivity contribution in [1.29, 1.82) is 0 Å². The molecule has 0 aliphatic rings. The molecule has 0 saturated carbocycles. The van der Waals surface area contributed by atoms with Crippen LogP contribution >= 0.6 is 57.7 Å². The van der Waals surface area contributed by atoms with Crippen LogP contribution in [-0.4, -0.2) is 4.98 Å². The molecule has 0 aliphatic heterocycles. The number of anilines is 1. The molecule has 0 saturated heterocycles. The lowest BCUT2D eigenvalue weighted by molar-refractivity contribution is 1.17. The lowest BCUT2D eigenvalue weighted by Crippen LogP contribution is -2.00. The van der Waals surface area contributed by atoms with Crippen LogP contribution in [0.15, 0.2) is 12.3 Å². The molecule has 1 aromatic heterocycles. The van der Waals surface area contributed by atoms with Crippen LogP contribution in [0.5, 0.6) is 0 Å². The van der Waals surface area contributed by atoms with E-state index in [0.717, 1.165) is 10.4 Å². The molecule has 1 heterocycles. The fourth-order valence-electron chi connectivity index (χ4n) is 1.39. The summed E-state index contributed by atoms with van der Waals surface area (Å²) in [6, 6.07) is 1.67. The molecular weight excluding hydrogens is 334 g/mol. The van der Waals surface area contributed by atoms with Crippen molar-refractivity contribution in [3.8, 4) is 0 Å². The van der Waals surface area contributed by atoms with E-state index in [0.29, 0.717) is 31.8 Å². The van der Waals surface area contributed by atoms with Crippen molar-refractivity contribution in [3.05, 3.63) is 42.2 Å². The first kappa shape index (κ1) is 14.2. The molecule has 0 bridgehead atoms. The van der Waals surface area contributed by atoms with Gasteiger partial charge in [0.05, 0.1) is 22.3 Å². The molecule has 0 atom stereocenters. The summed E-state index contributed by atoms with van der Waals surface area (Å²) in [5.41, 5.74) is 1.47. The van der Waals surface area contributed by atoms with Gasteiger partial charge in [0.2, 0.25) is 0 Å². The SMILES string of the molecule is Cc1c(Cl)cc(Cl)c(NCc2cnc(Cl)s2)c1Cl. The van der Waals surface area contributed by atoms with Crippen molar-refractivity contribution in [2.45, 2.75) is 13.5 Å². The first-order valence-electron chi connectivity index (χ1n) is 4.97. The lowest BCUT2D eigenvalue weighted by Gasteiger charge is -2.12. The highest BCUT2D eigenvalue weighted by Crippen LogP contribution is 2.37. The standard InChI is InChI=1S/C11H8Cl4N2S/c1-5-7(12)2-8(13)10(9(5)14)16-3-6-4-17-11(15)18-6/h2,4,16H,3H2,1H3. The molecule has 1 N–H and O–H groups in total. The molecule has 7 heteroatoms. The maximum absolute atomic E-state index is 6.21. The van der Waals surface area contributed by atoms with Gasteiger partial charge in [-0.25, -0.2) is 4.98 Å². The fraction of sp³-hybridized carbons (Fsp3) is 0.182. The van der Waals surface area contributed by atoms with Gasteiger partial charge in [-0.3, -0.25) is 0 Å². The predicted molar refractivity (Wildman–Crippen MR) is 80.7 cm³/mol. The van der Waals surface area contributed by atoms with E-state index in [1.165, 1.54) is 11.3 Å². The zero-order valence-corrected chi connectivity index (χ0v) is 13.1. The number of benzene rings is 1. The Balaban J connectivity index is 2.22. The number of aromatic nitrogens is 1. The first-order valence-corrected chi connectivity index (χ1v) is 7.30. The normalized spacial score (nSPS) is 10.7. The third kappa shape index (κ3) is 3.03. The Morgan fingerprint density at radius 2 is 1.94 bits per heavy atom. The molecule has 0 radical (unpaired) electrons. The summed E-state index contributed by atoms with van der Waals surface area (Å²) in [4.78, 5) is 4.96. The number of hydrogen-bond acceptors (Lipinski definition) is 3. The Bertz CT molecular complexity index is 583. The molecular formula is C11H8Cl4N2S. The van der Waals surface area contributed by atoms with Crippen LogP contribution in [-0.2, 0) is 6.54 Å². The van der Waals surface area contributed by atoms with Crippen molar-refractivity contribution in [2.24, 2.45) is 0 Å². The monoisotopic (exact) mass is 340 g/mol. The minimum absolute atomic E-state index is 0.492. The van der Waals surface area contributed by atoms with Crippen molar-refractivity contribution in [3.63, 3.8) is 0 Å². The molecule has 0 unspecified atom stereocenters. The van der Waals surface area contributed by atoms with E-state index in [1.807, 2.05) is 6.92 Å². The number of nitrogens with one attached hydrogen (secondary N) is 1. The number of rotatable bonds is 3. The summed E-state index contributed by atoms with van der Waals surface area (Å²) < 4.78 is 0.510. The second kappa shape index (κ2) is 5.85. The number of hydrogen-bond donors (Lipinski definition) is 1. The van der Waals surface area contributed by atoms with Crippen molar-refractivity contribution >= 4 is 63.4 Å². The lowest BCUT2D eigenvalue weighted by atomic mass is 10.2. The molecule has 1 aromatic carbocycles. The summed E-state index contributed by atoms with van der Waals surface area (Å²) in [6.45, 7) is 2.40. The van der Waals surface area contributed by atoms with Gasteiger partial charge < -0.3 is 5.32 Å². The highest BCUT2D eigenvalue weighted by Gasteiger charge is 2.12. The number of halogens is 4. The maximum atomic E-state index is 6.21. The zero-order valence-electron chi connectivity index (χ0n) is 9.23. The van der Waals surface area contributed by atoms with Gasteiger partial charge in [0.1, 0.15) is 0 Å². The fourth-order valence-corrected chi connectivity index (χ4v) is 3.21. The van der Waals surface area contributed by atoms with Gasteiger partial charge in [-0.15, -0.1) is 11.3 Å². The molecule has 2 rings (SSSR count). The minimum Gasteiger partial charge on any atom is -0.378 e. The maximum Gasteiger partial charge on any atom is 0.183 e. The summed E-state index contributed by atoms with van der Waals surface area (Å²) in [6.07, 6.45) is 1.71. The van der Waals surface area contributed by atoms with Crippen LogP contribution in [0.3, 0.4) is 0 Å². The molecule has 0 aliphatic carbocycles. The van der Waals surface area contributed by atoms with E-state index >= 15 is 0 Å². The molecule has 2 aromatic rings. The minimum atomic E-state index is 0.492. The van der Waals surface area contributed by atoms with Crippen LogP contribution in [0.4, 0.5) is 5.69 Å². The van der Waals surface area contributed by atoms with Crippen LogP contribution in [0.2, 0.25) is 19.5 Å². The Kier molecular flexibility index (Phi) is 4.62. The molecule has 18 heavy (non-hydrogen) atoms. The summed E-state index contributed by atoms with van der Waals surface area (Å²) in [5.74, 6) is 0. The number of nitrogens with zero attached hydrogens (tertiary/aromatic N) is 1. The van der Waals surface area contributed by atoms with Gasteiger partial charge in [-0.05, 0) is 18.6 Å².